The van der Waals surface area contributed by atoms with Crippen LogP contribution in [0.25, 0.3) is 0 Å². The minimum atomic E-state index is -0.162. The topological polar surface area (TPSA) is 34.2 Å². The summed E-state index contributed by atoms with van der Waals surface area (Å²) in [6, 6.07) is 5.67. The van der Waals surface area contributed by atoms with Crippen LogP contribution in [0.4, 0.5) is 0 Å². The normalized spacial score (nSPS) is 12.3. The maximum absolute atomic E-state index is 6.30. The fourth-order valence-corrected chi connectivity index (χ4v) is 3.02. The fraction of sp³-hybridized carbons (Fsp3) is 0.312. The summed E-state index contributed by atoms with van der Waals surface area (Å²) < 4.78 is 5.54. The lowest BCUT2D eigenvalue weighted by atomic mass is 9.95. The van der Waals surface area contributed by atoms with Gasteiger partial charge in [0.1, 0.15) is 5.75 Å². The van der Waals surface area contributed by atoms with Crippen molar-refractivity contribution in [3.05, 3.63) is 56.8 Å². The van der Waals surface area contributed by atoms with Gasteiger partial charge in [-0.2, -0.15) is 0 Å². The van der Waals surface area contributed by atoms with Gasteiger partial charge >= 0.3 is 0 Å². The van der Waals surface area contributed by atoms with E-state index in [1.165, 1.54) is 0 Å². The molecule has 3 nitrogen and oxygen atoms in total. The molecule has 0 aliphatic carbocycles. The second-order valence-electron chi connectivity index (χ2n) is 4.94. The van der Waals surface area contributed by atoms with Crippen LogP contribution in [0.5, 0.6) is 5.75 Å². The van der Waals surface area contributed by atoms with Gasteiger partial charge in [-0.05, 0) is 44.2 Å². The van der Waals surface area contributed by atoms with Crippen molar-refractivity contribution < 1.29 is 4.74 Å². The van der Waals surface area contributed by atoms with Crippen LogP contribution in [0.15, 0.2) is 24.4 Å². The minimum absolute atomic E-state index is 0.162. The Morgan fingerprint density at radius 1 is 1.19 bits per heavy atom. The molecule has 0 spiro atoms. The van der Waals surface area contributed by atoms with E-state index in [2.05, 4.69) is 23.3 Å². The highest BCUT2D eigenvalue weighted by Gasteiger charge is 2.23. The Labute approximate surface area is 135 Å². The van der Waals surface area contributed by atoms with E-state index in [9.17, 15) is 0 Å². The SMILES string of the molecule is CNC(c1ncc(Cl)cc1Cl)c1c(C)cc(C)cc1OC. The number of halogens is 2. The molecular weight excluding hydrogens is 307 g/mol. The van der Waals surface area contributed by atoms with Gasteiger partial charge < -0.3 is 10.1 Å². The molecule has 1 aromatic heterocycles. The molecule has 1 aromatic carbocycles. The van der Waals surface area contributed by atoms with E-state index in [-0.39, 0.29) is 6.04 Å². The summed E-state index contributed by atoms with van der Waals surface area (Å²) in [4.78, 5) is 4.38. The van der Waals surface area contributed by atoms with Crippen LogP contribution in [0.1, 0.15) is 28.4 Å². The van der Waals surface area contributed by atoms with E-state index in [1.807, 2.05) is 20.0 Å². The number of aromatic nitrogens is 1. The van der Waals surface area contributed by atoms with Crippen LogP contribution in [0.3, 0.4) is 0 Å². The molecule has 0 fully saturated rings. The number of nitrogens with zero attached hydrogens (tertiary/aromatic N) is 1. The van der Waals surface area contributed by atoms with Crippen molar-refractivity contribution in [3.63, 3.8) is 0 Å². The molecule has 0 radical (unpaired) electrons. The third-order valence-electron chi connectivity index (χ3n) is 3.40. The zero-order valence-electron chi connectivity index (χ0n) is 12.5. The summed E-state index contributed by atoms with van der Waals surface area (Å²) in [5.74, 6) is 0.819. The molecule has 1 atom stereocenters. The lowest BCUT2D eigenvalue weighted by molar-refractivity contribution is 0.404. The summed E-state index contributed by atoms with van der Waals surface area (Å²) in [6.45, 7) is 4.10. The molecule has 0 saturated carbocycles. The highest BCUT2D eigenvalue weighted by molar-refractivity contribution is 6.34. The molecule has 1 unspecified atom stereocenters. The molecule has 0 saturated heterocycles. The zero-order chi connectivity index (χ0) is 15.6. The summed E-state index contributed by atoms with van der Waals surface area (Å²) in [7, 11) is 3.54. The number of nitrogens with one attached hydrogen (secondary N) is 1. The van der Waals surface area contributed by atoms with Crippen molar-refractivity contribution in [2.45, 2.75) is 19.9 Å². The van der Waals surface area contributed by atoms with Crippen molar-refractivity contribution in [2.75, 3.05) is 14.2 Å². The van der Waals surface area contributed by atoms with Crippen LogP contribution < -0.4 is 10.1 Å². The molecule has 0 aliphatic heterocycles. The molecule has 0 bridgehead atoms. The first-order valence-electron chi connectivity index (χ1n) is 6.61. The standard InChI is InChI=1S/C16H18Cl2N2O/c1-9-5-10(2)14(13(6-9)21-4)16(19-3)15-12(18)7-11(17)8-20-15/h5-8,16,19H,1-4H3. The number of hydrogen-bond acceptors (Lipinski definition) is 3. The summed E-state index contributed by atoms with van der Waals surface area (Å²) in [5.41, 5.74) is 4.04. The monoisotopic (exact) mass is 324 g/mol. The smallest absolute Gasteiger partial charge is 0.124 e. The molecular formula is C16H18Cl2N2O. The van der Waals surface area contributed by atoms with E-state index in [0.717, 1.165) is 28.1 Å². The number of ether oxygens (including phenoxy) is 1. The van der Waals surface area contributed by atoms with Crippen molar-refractivity contribution in [3.8, 4) is 5.75 Å². The van der Waals surface area contributed by atoms with Crippen LogP contribution in [0, 0.1) is 13.8 Å². The minimum Gasteiger partial charge on any atom is -0.496 e. The number of aryl methyl sites for hydroxylation is 2. The van der Waals surface area contributed by atoms with E-state index >= 15 is 0 Å². The van der Waals surface area contributed by atoms with E-state index in [1.54, 1.807) is 19.4 Å². The number of pyridine rings is 1. The predicted octanol–water partition coefficient (Wildman–Crippen LogP) is 4.32. The van der Waals surface area contributed by atoms with Crippen molar-refractivity contribution in [1.29, 1.82) is 0 Å². The number of rotatable bonds is 4. The third kappa shape index (κ3) is 3.31. The fourth-order valence-electron chi connectivity index (χ4n) is 2.53. The Kier molecular flexibility index (Phi) is 5.09. The first kappa shape index (κ1) is 16.1. The Bertz CT molecular complexity index is 659. The largest absolute Gasteiger partial charge is 0.496 e. The molecule has 112 valence electrons. The molecule has 1 N–H and O–H groups in total. The number of hydrogen-bond donors (Lipinski definition) is 1. The van der Waals surface area contributed by atoms with Crippen LogP contribution in [-0.2, 0) is 0 Å². The van der Waals surface area contributed by atoms with E-state index in [4.69, 9.17) is 27.9 Å². The van der Waals surface area contributed by atoms with Crippen molar-refractivity contribution in [2.24, 2.45) is 0 Å². The van der Waals surface area contributed by atoms with E-state index in [0.29, 0.717) is 10.0 Å². The molecule has 5 heteroatoms. The predicted molar refractivity (Wildman–Crippen MR) is 87.6 cm³/mol. The third-order valence-corrected chi connectivity index (χ3v) is 3.91. The first-order chi connectivity index (χ1) is 9.97. The number of benzene rings is 1. The number of methoxy groups -OCH3 is 1. The van der Waals surface area contributed by atoms with Crippen molar-refractivity contribution in [1.82, 2.24) is 10.3 Å². The molecule has 0 amide bonds. The molecule has 2 rings (SSSR count). The highest BCUT2D eigenvalue weighted by atomic mass is 35.5. The van der Waals surface area contributed by atoms with Crippen LogP contribution >= 0.6 is 23.2 Å². The lowest BCUT2D eigenvalue weighted by Gasteiger charge is -2.22. The molecule has 2 aromatic rings. The van der Waals surface area contributed by atoms with E-state index < -0.39 is 0 Å². The summed E-state index contributed by atoms with van der Waals surface area (Å²) in [6.07, 6.45) is 1.60. The van der Waals surface area contributed by atoms with Crippen LogP contribution in [0.2, 0.25) is 10.0 Å². The molecule has 1 heterocycles. The second-order valence-corrected chi connectivity index (χ2v) is 5.78. The zero-order valence-corrected chi connectivity index (χ0v) is 14.0. The van der Waals surface area contributed by atoms with Gasteiger partial charge in [0.2, 0.25) is 0 Å². The Hall–Kier alpha value is -1.29. The van der Waals surface area contributed by atoms with Crippen LogP contribution in [-0.4, -0.2) is 19.1 Å². The summed E-state index contributed by atoms with van der Waals surface area (Å²) >= 11 is 12.2. The maximum atomic E-state index is 6.30. The highest BCUT2D eigenvalue weighted by Crippen LogP contribution is 2.36. The van der Waals surface area contributed by atoms with Gasteiger partial charge in [-0.3, -0.25) is 4.98 Å². The molecule has 21 heavy (non-hydrogen) atoms. The average Bonchev–Trinajstić information content (AvgIpc) is 2.42. The summed E-state index contributed by atoms with van der Waals surface area (Å²) in [5, 5.41) is 4.31. The van der Waals surface area contributed by atoms with Gasteiger partial charge in [0.05, 0.1) is 28.9 Å². The average molecular weight is 325 g/mol. The van der Waals surface area contributed by atoms with Gasteiger partial charge in [-0.15, -0.1) is 0 Å². The van der Waals surface area contributed by atoms with Gasteiger partial charge in [0.25, 0.3) is 0 Å². The van der Waals surface area contributed by atoms with Gasteiger partial charge in [0, 0.05) is 11.8 Å². The Morgan fingerprint density at radius 2 is 1.90 bits per heavy atom. The Morgan fingerprint density at radius 3 is 2.48 bits per heavy atom. The van der Waals surface area contributed by atoms with Gasteiger partial charge in [-0.25, -0.2) is 0 Å². The first-order valence-corrected chi connectivity index (χ1v) is 7.36. The molecule has 0 aliphatic rings. The van der Waals surface area contributed by atoms with Crippen molar-refractivity contribution >= 4 is 23.2 Å². The quantitative estimate of drug-likeness (QED) is 0.909. The second kappa shape index (κ2) is 6.65. The lowest BCUT2D eigenvalue weighted by Crippen LogP contribution is -2.21. The van der Waals surface area contributed by atoms with Gasteiger partial charge in [-0.1, -0.05) is 29.3 Å². The Balaban J connectivity index is 2.61. The maximum Gasteiger partial charge on any atom is 0.124 e. The van der Waals surface area contributed by atoms with Gasteiger partial charge in [0.15, 0.2) is 0 Å².